The van der Waals surface area contributed by atoms with E-state index < -0.39 is 0 Å². The van der Waals surface area contributed by atoms with Crippen LogP contribution < -0.4 is 0 Å². The summed E-state index contributed by atoms with van der Waals surface area (Å²) in [5.41, 5.74) is 7.01. The van der Waals surface area contributed by atoms with E-state index in [1.165, 1.54) is 49.4 Å². The second-order valence-electron chi connectivity index (χ2n) is 14.3. The predicted molar refractivity (Wildman–Crippen MR) is 228 cm³/mol. The van der Waals surface area contributed by atoms with Gasteiger partial charge in [-0.15, -0.1) is 0 Å². The first kappa shape index (κ1) is 40.5. The third-order valence-corrected chi connectivity index (χ3v) is 8.76. The molecule has 0 aliphatic rings. The highest BCUT2D eigenvalue weighted by Crippen LogP contribution is 2.25. The van der Waals surface area contributed by atoms with Crippen LogP contribution in [0.15, 0.2) is 176 Å². The molecule has 0 aliphatic carbocycles. The number of aryl methyl sites for hydroxylation is 1. The summed E-state index contributed by atoms with van der Waals surface area (Å²) in [6.45, 7) is 19.8. The van der Waals surface area contributed by atoms with Crippen LogP contribution in [-0.4, -0.2) is 0 Å². The Kier molecular flexibility index (Phi) is 17.5. The predicted octanol–water partition coefficient (Wildman–Crippen LogP) is 15.5. The largest absolute Gasteiger partial charge is 0.0622 e. The van der Waals surface area contributed by atoms with Gasteiger partial charge >= 0.3 is 0 Å². The minimum Gasteiger partial charge on any atom is -0.0622 e. The maximum Gasteiger partial charge on any atom is -0.0149 e. The van der Waals surface area contributed by atoms with Crippen molar-refractivity contribution in [1.82, 2.24) is 0 Å². The molecule has 0 aliphatic heterocycles. The van der Waals surface area contributed by atoms with Crippen molar-refractivity contribution in [1.29, 1.82) is 0 Å². The molecule has 0 fully saturated rings. The lowest BCUT2D eigenvalue weighted by Gasteiger charge is -2.08. The molecule has 0 spiro atoms. The summed E-state index contributed by atoms with van der Waals surface area (Å²) in [7, 11) is 0. The summed E-state index contributed by atoms with van der Waals surface area (Å²) in [5.74, 6) is 2.54. The van der Waals surface area contributed by atoms with Gasteiger partial charge in [-0.05, 0) is 74.4 Å². The summed E-state index contributed by atoms with van der Waals surface area (Å²) in [4.78, 5) is 0. The summed E-state index contributed by atoms with van der Waals surface area (Å²) in [6.07, 6.45) is 0. The molecule has 7 rings (SSSR count). The summed E-state index contributed by atoms with van der Waals surface area (Å²) >= 11 is 0. The third-order valence-electron chi connectivity index (χ3n) is 8.76. The molecule has 264 valence electrons. The van der Waals surface area contributed by atoms with Crippen molar-refractivity contribution in [2.24, 2.45) is 0 Å². The van der Waals surface area contributed by atoms with Crippen LogP contribution in [0.2, 0.25) is 0 Å². The lowest BCUT2D eigenvalue weighted by atomic mass is 9.96. The monoisotopic (exact) mass is 672 g/mol. The van der Waals surface area contributed by atoms with Gasteiger partial charge in [0.05, 0.1) is 0 Å². The first-order valence-corrected chi connectivity index (χ1v) is 18.6. The number of rotatable bonds is 4. The molecule has 51 heavy (non-hydrogen) atoms. The number of benzene rings is 7. The lowest BCUT2D eigenvalue weighted by molar-refractivity contribution is 0.867. The minimum atomic E-state index is 0.603. The van der Waals surface area contributed by atoms with Crippen molar-refractivity contribution >= 4 is 21.5 Å². The zero-order chi connectivity index (χ0) is 37.0. The summed E-state index contributed by atoms with van der Waals surface area (Å²) in [5, 5.41) is 5.40. The second-order valence-corrected chi connectivity index (χ2v) is 14.3. The van der Waals surface area contributed by atoms with Gasteiger partial charge in [-0.2, -0.15) is 0 Å². The molecule has 0 N–H and O–H groups in total. The molecular weight excluding hydrogens is 613 g/mol. The molecule has 0 saturated heterocycles. The van der Waals surface area contributed by atoms with Crippen LogP contribution >= 0.6 is 0 Å². The molecule has 0 radical (unpaired) electrons. The van der Waals surface area contributed by atoms with Crippen LogP contribution in [0, 0.1) is 6.92 Å². The zero-order valence-corrected chi connectivity index (χ0v) is 32.6. The van der Waals surface area contributed by atoms with Gasteiger partial charge in [0.1, 0.15) is 0 Å². The number of hydrogen-bond acceptors (Lipinski definition) is 0. The van der Waals surface area contributed by atoms with Crippen molar-refractivity contribution in [2.45, 2.75) is 86.0 Å². The molecular formula is C51H60. The van der Waals surface area contributed by atoms with Crippen molar-refractivity contribution in [3.63, 3.8) is 0 Å². The average molecular weight is 673 g/mol. The highest BCUT2D eigenvalue weighted by molar-refractivity contribution is 5.86. The van der Waals surface area contributed by atoms with Gasteiger partial charge in [0.2, 0.25) is 0 Å². The fourth-order valence-electron chi connectivity index (χ4n) is 5.53. The lowest BCUT2D eigenvalue weighted by Crippen LogP contribution is -1.88. The van der Waals surface area contributed by atoms with E-state index in [-0.39, 0.29) is 0 Å². The maximum atomic E-state index is 2.28. The molecule has 0 nitrogen and oxygen atoms in total. The van der Waals surface area contributed by atoms with E-state index in [2.05, 4.69) is 208 Å². The summed E-state index contributed by atoms with van der Waals surface area (Å²) < 4.78 is 0. The smallest absolute Gasteiger partial charge is 0.0149 e. The van der Waals surface area contributed by atoms with Gasteiger partial charge in [-0.3, -0.25) is 0 Å². The van der Waals surface area contributed by atoms with E-state index in [4.69, 9.17) is 0 Å². The SMILES string of the molecule is CC(C)c1ccc2ccccc2c1.CC(C)c1cccc2ccccc12.CC(C)c1ccccc1.CC(C)c1ccccc1.Cc1ccccc1. The Morgan fingerprint density at radius 2 is 0.706 bits per heavy atom. The Balaban J connectivity index is 0.000000175. The van der Waals surface area contributed by atoms with Gasteiger partial charge < -0.3 is 0 Å². The number of hydrogen-bond donors (Lipinski definition) is 0. The normalized spacial score (nSPS) is 10.4. The average Bonchev–Trinajstić information content (AvgIpc) is 3.16. The van der Waals surface area contributed by atoms with Gasteiger partial charge in [0, 0.05) is 0 Å². The highest BCUT2D eigenvalue weighted by atomic mass is 14.1. The Labute approximate surface area is 310 Å². The van der Waals surface area contributed by atoms with Gasteiger partial charge in [0.25, 0.3) is 0 Å². The van der Waals surface area contributed by atoms with Gasteiger partial charge in [-0.25, -0.2) is 0 Å². The van der Waals surface area contributed by atoms with Crippen LogP contribution in [0.3, 0.4) is 0 Å². The quantitative estimate of drug-likeness (QED) is 0.175. The van der Waals surface area contributed by atoms with E-state index in [1.54, 1.807) is 0 Å². The van der Waals surface area contributed by atoms with Crippen LogP contribution in [-0.2, 0) is 0 Å². The molecule has 0 aromatic heterocycles. The minimum absolute atomic E-state index is 0.603. The highest BCUT2D eigenvalue weighted by Gasteiger charge is 2.03. The third kappa shape index (κ3) is 14.4. The Hall–Kier alpha value is -4.94. The van der Waals surface area contributed by atoms with E-state index in [0.717, 1.165) is 0 Å². The molecule has 0 atom stereocenters. The standard InChI is InChI=1S/2C13H14.2C9H12.C7H8/c1-10(2)12-9-5-7-11-6-3-4-8-13(11)12;1-10(2)12-8-7-11-5-3-4-6-13(11)9-12;2*1-8(2)9-6-4-3-5-7-9;1-7-5-3-2-4-6-7/h2*3-10H,1-2H3;2*3-8H,1-2H3;2-6H,1H3. The Morgan fingerprint density at radius 3 is 1.14 bits per heavy atom. The molecule has 0 bridgehead atoms. The molecule has 0 saturated carbocycles. The molecule has 7 aromatic rings. The molecule has 0 heteroatoms. The van der Waals surface area contributed by atoms with Crippen molar-refractivity contribution in [2.75, 3.05) is 0 Å². The molecule has 0 amide bonds. The molecule has 0 heterocycles. The van der Waals surface area contributed by atoms with E-state index in [0.29, 0.717) is 23.7 Å². The first-order valence-electron chi connectivity index (χ1n) is 18.6. The first-order chi connectivity index (χ1) is 24.6. The fraction of sp³-hybridized carbons (Fsp3) is 0.255. The van der Waals surface area contributed by atoms with Crippen molar-refractivity contribution in [3.8, 4) is 0 Å². The Bertz CT molecular complexity index is 1880. The second kappa shape index (κ2) is 22.0. The molecule has 7 aromatic carbocycles. The Morgan fingerprint density at radius 1 is 0.294 bits per heavy atom. The maximum absolute atomic E-state index is 2.28. The van der Waals surface area contributed by atoms with Crippen molar-refractivity contribution in [3.05, 3.63) is 204 Å². The van der Waals surface area contributed by atoms with E-state index >= 15 is 0 Å². The topological polar surface area (TPSA) is 0 Å². The van der Waals surface area contributed by atoms with E-state index in [1.807, 2.05) is 30.3 Å². The van der Waals surface area contributed by atoms with Gasteiger partial charge in [0.15, 0.2) is 0 Å². The van der Waals surface area contributed by atoms with Crippen LogP contribution in [0.25, 0.3) is 21.5 Å². The van der Waals surface area contributed by atoms with Crippen LogP contribution in [0.5, 0.6) is 0 Å². The van der Waals surface area contributed by atoms with Crippen LogP contribution in [0.1, 0.15) is 107 Å². The summed E-state index contributed by atoms with van der Waals surface area (Å²) in [6, 6.07) is 61.6. The fourth-order valence-corrected chi connectivity index (χ4v) is 5.53. The van der Waals surface area contributed by atoms with Crippen molar-refractivity contribution < 1.29 is 0 Å². The van der Waals surface area contributed by atoms with E-state index in [9.17, 15) is 0 Å². The zero-order valence-electron chi connectivity index (χ0n) is 32.6. The number of fused-ring (bicyclic) bond motifs is 2. The van der Waals surface area contributed by atoms with Gasteiger partial charge in [-0.1, -0.05) is 237 Å². The molecule has 0 unspecified atom stereocenters. The van der Waals surface area contributed by atoms with Crippen LogP contribution in [0.4, 0.5) is 0 Å².